The second-order valence-electron chi connectivity index (χ2n) is 6.04. The smallest absolute Gasteiger partial charge is 0.409 e. The Morgan fingerprint density at radius 2 is 2.03 bits per heavy atom. The van der Waals surface area contributed by atoms with Crippen molar-refractivity contribution in [3.8, 4) is 0 Å². The van der Waals surface area contributed by atoms with E-state index in [9.17, 15) is 9.59 Å². The molecular weight excluding hydrogens is 412 g/mol. The van der Waals surface area contributed by atoms with Crippen molar-refractivity contribution in [1.29, 1.82) is 0 Å². The number of thioether (sulfide) groups is 1. The maximum atomic E-state index is 12.3. The van der Waals surface area contributed by atoms with Gasteiger partial charge >= 0.3 is 6.09 Å². The number of aliphatic imine (C=N–C) groups is 1. The Labute approximate surface area is 174 Å². The third kappa shape index (κ3) is 4.39. The number of amides is 2. The highest BCUT2D eigenvalue weighted by atomic mass is 35.5. The number of hydrogen-bond acceptors (Lipinski definition) is 5. The molecule has 3 aromatic rings. The minimum Gasteiger partial charge on any atom is -0.465 e. The SMILES string of the molecule is O=C(O)Nc1ccc(Cl)c(NC2=NC(=O)/C(=C/c3ccc4ncccc4c3)S2)c1. The zero-order chi connectivity index (χ0) is 20.4. The van der Waals surface area contributed by atoms with E-state index < -0.39 is 6.09 Å². The van der Waals surface area contributed by atoms with Crippen LogP contribution in [0.1, 0.15) is 5.56 Å². The first-order valence-corrected chi connectivity index (χ1v) is 9.61. The van der Waals surface area contributed by atoms with E-state index in [0.29, 0.717) is 26.5 Å². The van der Waals surface area contributed by atoms with Crippen molar-refractivity contribution >= 4 is 68.9 Å². The summed E-state index contributed by atoms with van der Waals surface area (Å²) in [5.41, 5.74) is 2.53. The van der Waals surface area contributed by atoms with Crippen molar-refractivity contribution < 1.29 is 14.7 Å². The monoisotopic (exact) mass is 424 g/mol. The molecule has 0 bridgehead atoms. The maximum Gasteiger partial charge on any atom is 0.409 e. The highest BCUT2D eigenvalue weighted by Crippen LogP contribution is 2.32. The summed E-state index contributed by atoms with van der Waals surface area (Å²) in [6, 6.07) is 14.2. The standard InChI is InChI=1S/C20H13ClN4O3S/c21-14-5-4-13(23-20(27)28)10-16(14)24-19-25-18(26)17(29-19)9-11-3-6-15-12(8-11)2-1-7-22-15/h1-10,23H,(H,27,28)(H,24,25,26)/b17-9-. The number of carbonyl (C=O) groups is 2. The number of rotatable bonds is 3. The molecule has 2 aromatic carbocycles. The van der Waals surface area contributed by atoms with Crippen LogP contribution in [0.3, 0.4) is 0 Å². The Morgan fingerprint density at radius 3 is 2.86 bits per heavy atom. The van der Waals surface area contributed by atoms with Gasteiger partial charge in [-0.1, -0.05) is 23.7 Å². The molecule has 0 spiro atoms. The van der Waals surface area contributed by atoms with Gasteiger partial charge in [0.1, 0.15) is 0 Å². The van der Waals surface area contributed by atoms with E-state index in [1.54, 1.807) is 18.3 Å². The second kappa shape index (κ2) is 7.94. The summed E-state index contributed by atoms with van der Waals surface area (Å²) in [4.78, 5) is 31.8. The molecule has 0 saturated carbocycles. The van der Waals surface area contributed by atoms with Crippen LogP contribution in [0.15, 0.2) is 64.6 Å². The third-order valence-electron chi connectivity index (χ3n) is 4.00. The summed E-state index contributed by atoms with van der Waals surface area (Å²) in [7, 11) is 0. The molecule has 0 fully saturated rings. The lowest BCUT2D eigenvalue weighted by Gasteiger charge is -2.09. The number of anilines is 2. The van der Waals surface area contributed by atoms with E-state index in [2.05, 4.69) is 20.6 Å². The van der Waals surface area contributed by atoms with Crippen molar-refractivity contribution in [3.05, 3.63) is 70.2 Å². The third-order valence-corrected chi connectivity index (χ3v) is 5.23. The number of carboxylic acid groups (broad SMARTS) is 1. The molecule has 0 unspecified atom stereocenters. The van der Waals surface area contributed by atoms with Gasteiger partial charge in [0.25, 0.3) is 5.91 Å². The molecule has 1 aliphatic heterocycles. The predicted octanol–water partition coefficient (Wildman–Crippen LogP) is 5.06. The zero-order valence-corrected chi connectivity index (χ0v) is 16.3. The number of nitrogens with zero attached hydrogens (tertiary/aromatic N) is 2. The fraction of sp³-hybridized carbons (Fsp3) is 0. The number of carbonyl (C=O) groups excluding carboxylic acids is 1. The van der Waals surface area contributed by atoms with E-state index in [1.807, 2.05) is 30.3 Å². The Balaban J connectivity index is 1.53. The Bertz CT molecular complexity index is 1210. The molecule has 9 heteroatoms. The maximum absolute atomic E-state index is 12.3. The molecule has 2 amide bonds. The number of hydrogen-bond donors (Lipinski definition) is 3. The second-order valence-corrected chi connectivity index (χ2v) is 7.48. The van der Waals surface area contributed by atoms with Gasteiger partial charge in [-0.2, -0.15) is 4.99 Å². The van der Waals surface area contributed by atoms with Gasteiger partial charge in [0, 0.05) is 17.3 Å². The summed E-state index contributed by atoms with van der Waals surface area (Å²) in [6.45, 7) is 0. The number of benzene rings is 2. The largest absolute Gasteiger partial charge is 0.465 e. The van der Waals surface area contributed by atoms with Crippen LogP contribution >= 0.6 is 23.4 Å². The van der Waals surface area contributed by atoms with Gasteiger partial charge in [-0.05, 0) is 59.8 Å². The predicted molar refractivity (Wildman–Crippen MR) is 116 cm³/mol. The molecule has 1 aliphatic rings. The van der Waals surface area contributed by atoms with Gasteiger partial charge in [0.2, 0.25) is 0 Å². The van der Waals surface area contributed by atoms with E-state index in [4.69, 9.17) is 16.7 Å². The Kier molecular flexibility index (Phi) is 5.20. The molecular formula is C20H13ClN4O3S. The molecule has 0 aliphatic carbocycles. The lowest BCUT2D eigenvalue weighted by Crippen LogP contribution is -2.09. The van der Waals surface area contributed by atoms with Gasteiger partial charge in [0.05, 0.1) is 21.1 Å². The van der Waals surface area contributed by atoms with Crippen LogP contribution in [-0.2, 0) is 4.79 Å². The number of pyridine rings is 1. The molecule has 144 valence electrons. The van der Waals surface area contributed by atoms with Crippen molar-refractivity contribution in [2.75, 3.05) is 10.6 Å². The number of aromatic nitrogens is 1. The fourth-order valence-corrected chi connectivity index (χ4v) is 3.73. The van der Waals surface area contributed by atoms with Crippen molar-refractivity contribution in [1.82, 2.24) is 4.98 Å². The van der Waals surface area contributed by atoms with Gasteiger partial charge in [-0.25, -0.2) is 4.79 Å². The molecule has 0 radical (unpaired) electrons. The minimum absolute atomic E-state index is 0.347. The summed E-state index contributed by atoms with van der Waals surface area (Å²) >= 11 is 7.34. The number of nitrogens with one attached hydrogen (secondary N) is 2. The van der Waals surface area contributed by atoms with Crippen LogP contribution in [-0.4, -0.2) is 27.3 Å². The van der Waals surface area contributed by atoms with Crippen LogP contribution in [0.2, 0.25) is 5.02 Å². The van der Waals surface area contributed by atoms with Crippen LogP contribution < -0.4 is 10.6 Å². The van der Waals surface area contributed by atoms with Crippen LogP contribution in [0.25, 0.3) is 17.0 Å². The van der Waals surface area contributed by atoms with Crippen molar-refractivity contribution in [2.45, 2.75) is 0 Å². The number of halogens is 1. The molecule has 7 nitrogen and oxygen atoms in total. The topological polar surface area (TPSA) is 104 Å². The summed E-state index contributed by atoms with van der Waals surface area (Å²) in [5.74, 6) is -0.361. The molecule has 1 aromatic heterocycles. The molecule has 0 atom stereocenters. The van der Waals surface area contributed by atoms with E-state index >= 15 is 0 Å². The van der Waals surface area contributed by atoms with Crippen molar-refractivity contribution in [3.63, 3.8) is 0 Å². The summed E-state index contributed by atoms with van der Waals surface area (Å²) < 4.78 is 0. The van der Waals surface area contributed by atoms with Gasteiger partial charge in [0.15, 0.2) is 5.17 Å². The van der Waals surface area contributed by atoms with Crippen LogP contribution in [0, 0.1) is 0 Å². The van der Waals surface area contributed by atoms with Gasteiger partial charge in [-0.15, -0.1) is 0 Å². The van der Waals surface area contributed by atoms with Crippen LogP contribution in [0.4, 0.5) is 16.2 Å². The summed E-state index contributed by atoms with van der Waals surface area (Å²) in [6.07, 6.45) is 2.31. The Morgan fingerprint density at radius 1 is 1.17 bits per heavy atom. The first kappa shape index (κ1) is 19.0. The lowest BCUT2D eigenvalue weighted by atomic mass is 10.1. The van der Waals surface area contributed by atoms with Gasteiger partial charge in [-0.3, -0.25) is 15.1 Å². The van der Waals surface area contributed by atoms with Crippen LogP contribution in [0.5, 0.6) is 0 Å². The minimum atomic E-state index is -1.18. The lowest BCUT2D eigenvalue weighted by molar-refractivity contribution is -0.113. The molecule has 0 saturated heterocycles. The quantitative estimate of drug-likeness (QED) is 0.507. The van der Waals surface area contributed by atoms with E-state index in [-0.39, 0.29) is 5.91 Å². The highest BCUT2D eigenvalue weighted by Gasteiger charge is 2.22. The first-order chi connectivity index (χ1) is 14.0. The normalized spacial score (nSPS) is 14.9. The van der Waals surface area contributed by atoms with Gasteiger partial charge < -0.3 is 10.4 Å². The molecule has 3 N–H and O–H groups in total. The molecule has 4 rings (SSSR count). The van der Waals surface area contributed by atoms with Crippen molar-refractivity contribution in [2.24, 2.45) is 4.99 Å². The molecule has 2 heterocycles. The number of fused-ring (bicyclic) bond motifs is 1. The van der Waals surface area contributed by atoms with E-state index in [1.165, 1.54) is 23.9 Å². The summed E-state index contributed by atoms with van der Waals surface area (Å²) in [5, 5.41) is 15.8. The Hall–Kier alpha value is -3.36. The zero-order valence-electron chi connectivity index (χ0n) is 14.7. The highest BCUT2D eigenvalue weighted by molar-refractivity contribution is 8.18. The fourth-order valence-electron chi connectivity index (χ4n) is 2.74. The first-order valence-electron chi connectivity index (χ1n) is 8.42. The van der Waals surface area contributed by atoms with E-state index in [0.717, 1.165) is 16.5 Å². The molecule has 29 heavy (non-hydrogen) atoms. The number of amidine groups is 1. The average Bonchev–Trinajstić information content (AvgIpc) is 3.03. The average molecular weight is 425 g/mol.